The van der Waals surface area contributed by atoms with Crippen molar-refractivity contribution in [3.05, 3.63) is 35.4 Å². The van der Waals surface area contributed by atoms with Crippen LogP contribution in [0.3, 0.4) is 0 Å². The molecule has 0 spiro atoms. The van der Waals surface area contributed by atoms with Crippen LogP contribution >= 0.6 is 0 Å². The Kier molecular flexibility index (Phi) is 5.22. The summed E-state index contributed by atoms with van der Waals surface area (Å²) in [5.41, 5.74) is 0.506. The molecule has 0 bridgehead atoms. The van der Waals surface area contributed by atoms with Crippen molar-refractivity contribution in [1.29, 1.82) is 0 Å². The molecule has 0 radical (unpaired) electrons. The van der Waals surface area contributed by atoms with E-state index in [9.17, 15) is 17.2 Å². The summed E-state index contributed by atoms with van der Waals surface area (Å²) in [7, 11) is -2.96. The van der Waals surface area contributed by atoms with Gasteiger partial charge in [0.25, 0.3) is 0 Å². The third-order valence-electron chi connectivity index (χ3n) is 2.53. The normalized spacial score (nSPS) is 13.6. The molecule has 18 heavy (non-hydrogen) atoms. The van der Waals surface area contributed by atoms with Gasteiger partial charge in [0.05, 0.1) is 5.75 Å². The minimum Gasteiger partial charge on any atom is -0.310 e. The van der Waals surface area contributed by atoms with Gasteiger partial charge in [0.2, 0.25) is 0 Å². The van der Waals surface area contributed by atoms with Crippen molar-refractivity contribution < 1.29 is 17.2 Å². The molecule has 1 atom stereocenters. The molecule has 1 N–H and O–H groups in total. The van der Waals surface area contributed by atoms with Crippen molar-refractivity contribution in [2.75, 3.05) is 18.6 Å². The summed E-state index contributed by atoms with van der Waals surface area (Å²) in [5, 5.41) is 3.03. The first-order chi connectivity index (χ1) is 8.28. The lowest BCUT2D eigenvalue weighted by Crippen LogP contribution is -2.22. The number of rotatable bonds is 6. The predicted molar refractivity (Wildman–Crippen MR) is 67.1 cm³/mol. The Morgan fingerprint density at radius 1 is 1.22 bits per heavy atom. The van der Waals surface area contributed by atoms with Crippen LogP contribution in [0.4, 0.5) is 8.78 Å². The zero-order valence-electron chi connectivity index (χ0n) is 10.4. The third kappa shape index (κ3) is 5.55. The number of sulfone groups is 1. The summed E-state index contributed by atoms with van der Waals surface area (Å²) < 4.78 is 47.8. The minimum atomic E-state index is -2.96. The van der Waals surface area contributed by atoms with Crippen LogP contribution in [0, 0.1) is 11.6 Å². The Morgan fingerprint density at radius 3 is 2.28 bits per heavy atom. The Hall–Kier alpha value is -1.01. The van der Waals surface area contributed by atoms with Gasteiger partial charge in [-0.3, -0.25) is 0 Å². The molecule has 3 nitrogen and oxygen atoms in total. The average Bonchev–Trinajstić information content (AvgIpc) is 2.21. The monoisotopic (exact) mass is 277 g/mol. The average molecular weight is 277 g/mol. The highest BCUT2D eigenvalue weighted by atomic mass is 32.2. The van der Waals surface area contributed by atoms with E-state index in [1.807, 2.05) is 0 Å². The summed E-state index contributed by atoms with van der Waals surface area (Å²) in [5.74, 6) is -1.13. The van der Waals surface area contributed by atoms with Crippen LogP contribution in [-0.4, -0.2) is 27.0 Å². The van der Waals surface area contributed by atoms with E-state index >= 15 is 0 Å². The fraction of sp³-hybridized carbons (Fsp3) is 0.500. The molecule has 1 unspecified atom stereocenters. The van der Waals surface area contributed by atoms with Gasteiger partial charge in [-0.15, -0.1) is 0 Å². The first-order valence-corrected chi connectivity index (χ1v) is 7.71. The van der Waals surface area contributed by atoms with Crippen LogP contribution in [0.1, 0.15) is 24.9 Å². The van der Waals surface area contributed by atoms with Crippen LogP contribution in [-0.2, 0) is 9.84 Å². The van der Waals surface area contributed by atoms with Gasteiger partial charge in [-0.25, -0.2) is 17.2 Å². The number of halogens is 2. The maximum Gasteiger partial charge on any atom is 0.147 e. The van der Waals surface area contributed by atoms with Gasteiger partial charge in [-0.1, -0.05) is 0 Å². The van der Waals surface area contributed by atoms with Gasteiger partial charge in [-0.2, -0.15) is 0 Å². The lowest BCUT2D eigenvalue weighted by Gasteiger charge is -2.14. The van der Waals surface area contributed by atoms with Gasteiger partial charge in [0.1, 0.15) is 21.5 Å². The van der Waals surface area contributed by atoms with Crippen molar-refractivity contribution in [3.8, 4) is 0 Å². The molecule has 0 aliphatic carbocycles. The molecule has 6 heteroatoms. The fourth-order valence-electron chi connectivity index (χ4n) is 1.60. The van der Waals surface area contributed by atoms with E-state index in [1.165, 1.54) is 18.4 Å². The molecule has 0 aliphatic heterocycles. The molecular formula is C12H17F2NO2S. The lowest BCUT2D eigenvalue weighted by atomic mass is 10.1. The summed E-state index contributed by atoms with van der Waals surface area (Å²) in [6, 6.07) is 3.11. The zero-order valence-corrected chi connectivity index (χ0v) is 11.2. The Bertz CT molecular complexity index is 483. The number of benzene rings is 1. The molecule has 1 rings (SSSR count). The van der Waals surface area contributed by atoms with Crippen LogP contribution in [0.15, 0.2) is 18.2 Å². The highest BCUT2D eigenvalue weighted by Gasteiger charge is 2.08. The molecule has 0 fully saturated rings. The molecule has 0 aliphatic rings. The summed E-state index contributed by atoms with van der Waals surface area (Å²) >= 11 is 0. The number of hydrogen-bond acceptors (Lipinski definition) is 3. The maximum atomic E-state index is 13.0. The first kappa shape index (κ1) is 15.0. The molecule has 0 heterocycles. The van der Waals surface area contributed by atoms with Crippen LogP contribution in [0.2, 0.25) is 0 Å². The molecule has 102 valence electrons. The highest BCUT2D eigenvalue weighted by molar-refractivity contribution is 7.90. The second kappa shape index (κ2) is 6.24. The molecule has 0 aromatic heterocycles. The van der Waals surface area contributed by atoms with Gasteiger partial charge in [0, 0.05) is 18.4 Å². The standard InChI is InChI=1S/C12H17F2NO2S/c1-9(15-4-3-5-18(2,16)17)10-6-11(13)8-12(14)7-10/h6-9,15H,3-5H2,1-2H3. The first-order valence-electron chi connectivity index (χ1n) is 5.65. The van der Waals surface area contributed by atoms with Crippen molar-refractivity contribution in [2.45, 2.75) is 19.4 Å². The summed E-state index contributed by atoms with van der Waals surface area (Å²) in [4.78, 5) is 0. The Labute approximate surface area is 106 Å². The van der Waals surface area contributed by atoms with Crippen molar-refractivity contribution in [1.82, 2.24) is 5.32 Å². The molecule has 0 saturated heterocycles. The summed E-state index contributed by atoms with van der Waals surface area (Å²) in [6.07, 6.45) is 1.65. The molecule has 0 amide bonds. The van der Waals surface area contributed by atoms with E-state index < -0.39 is 21.5 Å². The Balaban J connectivity index is 2.48. The van der Waals surface area contributed by atoms with E-state index in [0.29, 0.717) is 18.5 Å². The zero-order chi connectivity index (χ0) is 13.8. The van der Waals surface area contributed by atoms with Gasteiger partial charge in [-0.05, 0) is 37.6 Å². The SMILES string of the molecule is CC(NCCCS(C)(=O)=O)c1cc(F)cc(F)c1. The smallest absolute Gasteiger partial charge is 0.147 e. The quantitative estimate of drug-likeness (QED) is 0.810. The molecule has 1 aromatic carbocycles. The van der Waals surface area contributed by atoms with Gasteiger partial charge in [0.15, 0.2) is 0 Å². The third-order valence-corrected chi connectivity index (χ3v) is 3.56. The molecule has 1 aromatic rings. The largest absolute Gasteiger partial charge is 0.310 e. The second-order valence-corrected chi connectivity index (χ2v) is 6.62. The maximum absolute atomic E-state index is 13.0. The van der Waals surface area contributed by atoms with E-state index in [4.69, 9.17) is 0 Å². The van der Waals surface area contributed by atoms with E-state index in [2.05, 4.69) is 5.32 Å². The van der Waals surface area contributed by atoms with E-state index in [1.54, 1.807) is 6.92 Å². The molecular weight excluding hydrogens is 260 g/mol. The predicted octanol–water partition coefficient (Wildman–Crippen LogP) is 2.05. The van der Waals surface area contributed by atoms with Crippen molar-refractivity contribution in [2.24, 2.45) is 0 Å². The topological polar surface area (TPSA) is 46.2 Å². The second-order valence-electron chi connectivity index (χ2n) is 4.36. The minimum absolute atomic E-state index is 0.101. The van der Waals surface area contributed by atoms with Gasteiger partial charge >= 0.3 is 0 Å². The van der Waals surface area contributed by atoms with Crippen molar-refractivity contribution in [3.63, 3.8) is 0 Å². The van der Waals surface area contributed by atoms with Crippen LogP contribution < -0.4 is 5.32 Å². The van der Waals surface area contributed by atoms with Crippen LogP contribution in [0.25, 0.3) is 0 Å². The van der Waals surface area contributed by atoms with Gasteiger partial charge < -0.3 is 5.32 Å². The van der Waals surface area contributed by atoms with Crippen LogP contribution in [0.5, 0.6) is 0 Å². The summed E-state index contributed by atoms with van der Waals surface area (Å²) in [6.45, 7) is 2.25. The number of hydrogen-bond donors (Lipinski definition) is 1. The lowest BCUT2D eigenvalue weighted by molar-refractivity contribution is 0.542. The van der Waals surface area contributed by atoms with E-state index in [-0.39, 0.29) is 11.8 Å². The highest BCUT2D eigenvalue weighted by Crippen LogP contribution is 2.15. The number of nitrogens with one attached hydrogen (secondary N) is 1. The fourth-order valence-corrected chi connectivity index (χ4v) is 2.26. The Morgan fingerprint density at radius 2 is 1.78 bits per heavy atom. The van der Waals surface area contributed by atoms with Crippen molar-refractivity contribution >= 4 is 9.84 Å². The molecule has 0 saturated carbocycles. The van der Waals surface area contributed by atoms with E-state index in [0.717, 1.165) is 6.07 Å².